The number of rotatable bonds is 2. The van der Waals surface area contributed by atoms with Gasteiger partial charge in [0, 0.05) is 23.1 Å². The van der Waals surface area contributed by atoms with Crippen LogP contribution in [0.15, 0.2) is 24.3 Å². The molecule has 0 fully saturated rings. The summed E-state index contributed by atoms with van der Waals surface area (Å²) in [6.07, 6.45) is 3.76. The fraction of sp³-hybridized carbons (Fsp3) is 0.467. The summed E-state index contributed by atoms with van der Waals surface area (Å²) in [4.78, 5) is 5.89. The summed E-state index contributed by atoms with van der Waals surface area (Å²) < 4.78 is 0. The number of fused-ring (bicyclic) bond motifs is 3. The minimum Gasteiger partial charge on any atom is -0.358 e. The fourth-order valence-corrected chi connectivity index (χ4v) is 3.11. The SMILES string of the molecule is CN(C)CC1CCc2[nH]c3ccccc3c2C1. The highest BCUT2D eigenvalue weighted by molar-refractivity contribution is 5.84. The van der Waals surface area contributed by atoms with Gasteiger partial charge in [-0.1, -0.05) is 18.2 Å². The van der Waals surface area contributed by atoms with Crippen molar-refractivity contribution < 1.29 is 0 Å². The molecule has 0 aliphatic heterocycles. The van der Waals surface area contributed by atoms with Gasteiger partial charge in [0.25, 0.3) is 0 Å². The summed E-state index contributed by atoms with van der Waals surface area (Å²) in [5.41, 5.74) is 4.35. The van der Waals surface area contributed by atoms with E-state index in [9.17, 15) is 0 Å². The highest BCUT2D eigenvalue weighted by atomic mass is 15.1. The first-order valence-electron chi connectivity index (χ1n) is 6.47. The van der Waals surface area contributed by atoms with Crippen LogP contribution in [0.4, 0.5) is 0 Å². The molecule has 0 amide bonds. The first-order chi connectivity index (χ1) is 8.24. The van der Waals surface area contributed by atoms with Gasteiger partial charge in [0.15, 0.2) is 0 Å². The van der Waals surface area contributed by atoms with Gasteiger partial charge in [0.2, 0.25) is 0 Å². The van der Waals surface area contributed by atoms with Crippen molar-refractivity contribution in [2.24, 2.45) is 5.92 Å². The van der Waals surface area contributed by atoms with Crippen molar-refractivity contribution in [1.82, 2.24) is 9.88 Å². The topological polar surface area (TPSA) is 19.0 Å². The predicted octanol–water partition coefficient (Wildman–Crippen LogP) is 2.83. The van der Waals surface area contributed by atoms with Crippen molar-refractivity contribution in [2.75, 3.05) is 20.6 Å². The molecule has 2 heteroatoms. The van der Waals surface area contributed by atoms with Gasteiger partial charge >= 0.3 is 0 Å². The number of aromatic amines is 1. The molecule has 0 saturated heterocycles. The third kappa shape index (κ3) is 1.98. The Morgan fingerprint density at radius 1 is 1.29 bits per heavy atom. The zero-order valence-corrected chi connectivity index (χ0v) is 10.7. The summed E-state index contributed by atoms with van der Waals surface area (Å²) in [6, 6.07) is 8.70. The Morgan fingerprint density at radius 3 is 2.94 bits per heavy atom. The second-order valence-corrected chi connectivity index (χ2v) is 5.50. The molecule has 1 unspecified atom stereocenters. The molecule has 1 aromatic carbocycles. The maximum atomic E-state index is 3.58. The molecule has 1 atom stereocenters. The first kappa shape index (κ1) is 10.8. The molecule has 0 saturated carbocycles. The molecule has 1 aromatic heterocycles. The van der Waals surface area contributed by atoms with Crippen LogP contribution in [0, 0.1) is 5.92 Å². The fourth-order valence-electron chi connectivity index (χ4n) is 3.11. The van der Waals surface area contributed by atoms with Gasteiger partial charge in [-0.05, 0) is 50.9 Å². The standard InChI is InChI=1S/C15H20N2/c1-17(2)10-11-7-8-15-13(9-11)12-5-3-4-6-14(12)16-15/h3-6,11,16H,7-10H2,1-2H3. The molecule has 1 N–H and O–H groups in total. The molecule has 17 heavy (non-hydrogen) atoms. The number of benzene rings is 1. The van der Waals surface area contributed by atoms with Crippen LogP contribution in [-0.4, -0.2) is 30.5 Å². The quantitative estimate of drug-likeness (QED) is 0.837. The number of aromatic nitrogens is 1. The van der Waals surface area contributed by atoms with Gasteiger partial charge < -0.3 is 9.88 Å². The molecule has 3 rings (SSSR count). The normalized spacial score (nSPS) is 19.8. The molecule has 0 spiro atoms. The number of nitrogens with one attached hydrogen (secondary N) is 1. The highest BCUT2D eigenvalue weighted by Crippen LogP contribution is 2.31. The average Bonchev–Trinajstić information content (AvgIpc) is 2.66. The summed E-state index contributed by atoms with van der Waals surface area (Å²) in [6.45, 7) is 1.21. The Balaban J connectivity index is 1.95. The minimum atomic E-state index is 0.816. The second-order valence-electron chi connectivity index (χ2n) is 5.50. The van der Waals surface area contributed by atoms with Crippen LogP contribution in [0.3, 0.4) is 0 Å². The Bertz CT molecular complexity index is 525. The zero-order valence-electron chi connectivity index (χ0n) is 10.7. The van der Waals surface area contributed by atoms with Gasteiger partial charge in [-0.15, -0.1) is 0 Å². The Labute approximate surface area is 103 Å². The Hall–Kier alpha value is -1.28. The Morgan fingerprint density at radius 2 is 2.12 bits per heavy atom. The van der Waals surface area contributed by atoms with Crippen molar-refractivity contribution in [3.63, 3.8) is 0 Å². The van der Waals surface area contributed by atoms with E-state index in [1.165, 1.54) is 42.4 Å². The van der Waals surface area contributed by atoms with Crippen LogP contribution in [-0.2, 0) is 12.8 Å². The van der Waals surface area contributed by atoms with Crippen molar-refractivity contribution in [1.29, 1.82) is 0 Å². The summed E-state index contributed by atoms with van der Waals surface area (Å²) >= 11 is 0. The van der Waals surface area contributed by atoms with Crippen LogP contribution in [0.5, 0.6) is 0 Å². The van der Waals surface area contributed by atoms with Crippen LogP contribution in [0.1, 0.15) is 17.7 Å². The van der Waals surface area contributed by atoms with Gasteiger partial charge in [-0.25, -0.2) is 0 Å². The van der Waals surface area contributed by atoms with E-state index in [1.54, 1.807) is 5.56 Å². The molecule has 0 radical (unpaired) electrons. The number of nitrogens with zero attached hydrogens (tertiary/aromatic N) is 1. The van der Waals surface area contributed by atoms with E-state index < -0.39 is 0 Å². The lowest BCUT2D eigenvalue weighted by atomic mass is 9.86. The zero-order chi connectivity index (χ0) is 11.8. The minimum absolute atomic E-state index is 0.816. The molecular formula is C15H20N2. The molecule has 2 aromatic rings. The second kappa shape index (κ2) is 4.19. The van der Waals surface area contributed by atoms with E-state index in [0.29, 0.717) is 0 Å². The summed E-state index contributed by atoms with van der Waals surface area (Å²) in [7, 11) is 4.34. The summed E-state index contributed by atoms with van der Waals surface area (Å²) in [5, 5.41) is 1.44. The highest BCUT2D eigenvalue weighted by Gasteiger charge is 2.22. The largest absolute Gasteiger partial charge is 0.358 e. The lowest BCUT2D eigenvalue weighted by Crippen LogP contribution is -2.26. The van der Waals surface area contributed by atoms with Crippen molar-refractivity contribution in [3.8, 4) is 0 Å². The van der Waals surface area contributed by atoms with Crippen LogP contribution in [0.2, 0.25) is 0 Å². The smallest absolute Gasteiger partial charge is 0.0458 e. The maximum absolute atomic E-state index is 3.58. The van der Waals surface area contributed by atoms with Crippen molar-refractivity contribution in [2.45, 2.75) is 19.3 Å². The average molecular weight is 228 g/mol. The number of hydrogen-bond acceptors (Lipinski definition) is 1. The van der Waals surface area contributed by atoms with Crippen molar-refractivity contribution >= 4 is 10.9 Å². The van der Waals surface area contributed by atoms with Gasteiger partial charge in [0.1, 0.15) is 0 Å². The van der Waals surface area contributed by atoms with Gasteiger partial charge in [-0.2, -0.15) is 0 Å². The third-order valence-corrected chi connectivity index (χ3v) is 3.82. The van der Waals surface area contributed by atoms with E-state index in [-0.39, 0.29) is 0 Å². The van der Waals surface area contributed by atoms with Gasteiger partial charge in [0.05, 0.1) is 0 Å². The van der Waals surface area contributed by atoms with E-state index in [1.807, 2.05) is 0 Å². The monoisotopic (exact) mass is 228 g/mol. The predicted molar refractivity (Wildman–Crippen MR) is 72.4 cm³/mol. The molecule has 1 aliphatic carbocycles. The van der Waals surface area contributed by atoms with Gasteiger partial charge in [-0.3, -0.25) is 0 Å². The van der Waals surface area contributed by atoms with Crippen LogP contribution in [0.25, 0.3) is 10.9 Å². The number of aryl methyl sites for hydroxylation is 1. The maximum Gasteiger partial charge on any atom is 0.0458 e. The van der Waals surface area contributed by atoms with Crippen molar-refractivity contribution in [3.05, 3.63) is 35.5 Å². The molecule has 0 bridgehead atoms. The number of para-hydroxylation sites is 1. The first-order valence-corrected chi connectivity index (χ1v) is 6.47. The number of H-pyrrole nitrogens is 1. The Kier molecular flexibility index (Phi) is 2.67. The molecule has 2 nitrogen and oxygen atoms in total. The number of hydrogen-bond donors (Lipinski definition) is 1. The van der Waals surface area contributed by atoms with Crippen LogP contribution >= 0.6 is 0 Å². The van der Waals surface area contributed by atoms with E-state index in [0.717, 1.165) is 5.92 Å². The van der Waals surface area contributed by atoms with E-state index >= 15 is 0 Å². The molecule has 90 valence electrons. The lowest BCUT2D eigenvalue weighted by molar-refractivity contribution is 0.302. The lowest BCUT2D eigenvalue weighted by Gasteiger charge is -2.25. The van der Waals surface area contributed by atoms with Crippen LogP contribution < -0.4 is 0 Å². The van der Waals surface area contributed by atoms with E-state index in [2.05, 4.69) is 48.2 Å². The third-order valence-electron chi connectivity index (χ3n) is 3.82. The molecule has 1 heterocycles. The summed E-state index contributed by atoms with van der Waals surface area (Å²) in [5.74, 6) is 0.816. The van der Waals surface area contributed by atoms with E-state index in [4.69, 9.17) is 0 Å². The molecular weight excluding hydrogens is 208 g/mol. The molecule has 1 aliphatic rings.